The second-order valence-electron chi connectivity index (χ2n) is 7.28. The molecule has 0 spiro atoms. The summed E-state index contributed by atoms with van der Waals surface area (Å²) in [4.78, 5) is 24.9. The van der Waals surface area contributed by atoms with Crippen LogP contribution < -0.4 is 10.6 Å². The zero-order chi connectivity index (χ0) is 18.8. The van der Waals surface area contributed by atoms with Gasteiger partial charge in [-0.05, 0) is 37.5 Å². The maximum atomic E-state index is 12.6. The minimum absolute atomic E-state index is 0.111. The fraction of sp³-hybridized carbons (Fsp3) is 0.450. The number of nitrogens with one attached hydrogen (secondary N) is 2. The molecule has 2 aromatic rings. The highest BCUT2D eigenvalue weighted by Crippen LogP contribution is 2.36. The van der Waals surface area contributed by atoms with Crippen molar-refractivity contribution in [3.05, 3.63) is 41.1 Å². The first-order valence-electron chi connectivity index (χ1n) is 9.49. The Hall–Kier alpha value is -2.28. The largest absolute Gasteiger partial charge is 0.345 e. The van der Waals surface area contributed by atoms with Crippen molar-refractivity contribution in [1.82, 2.24) is 15.1 Å². The highest BCUT2D eigenvalue weighted by Gasteiger charge is 2.27. The van der Waals surface area contributed by atoms with Crippen molar-refractivity contribution in [2.24, 2.45) is 0 Å². The fourth-order valence-corrected chi connectivity index (χ4v) is 4.78. The number of amides is 2. The molecule has 27 heavy (non-hydrogen) atoms. The van der Waals surface area contributed by atoms with Gasteiger partial charge in [0.1, 0.15) is 5.82 Å². The molecule has 1 aromatic heterocycles. The van der Waals surface area contributed by atoms with Crippen LogP contribution >= 0.6 is 11.8 Å². The van der Waals surface area contributed by atoms with Gasteiger partial charge in [-0.1, -0.05) is 31.4 Å². The number of carbonyl (C=O) groups is 2. The quantitative estimate of drug-likeness (QED) is 0.796. The molecule has 0 atom stereocenters. The van der Waals surface area contributed by atoms with Gasteiger partial charge in [0.05, 0.1) is 11.4 Å². The lowest BCUT2D eigenvalue weighted by molar-refractivity contribution is -0.136. The van der Waals surface area contributed by atoms with Gasteiger partial charge in [0, 0.05) is 23.1 Å². The third kappa shape index (κ3) is 3.88. The number of carbonyl (C=O) groups excluding carboxylic acids is 2. The molecule has 2 aliphatic rings. The van der Waals surface area contributed by atoms with Crippen molar-refractivity contribution in [1.29, 1.82) is 0 Å². The van der Waals surface area contributed by atoms with E-state index < -0.39 is 11.8 Å². The molecule has 4 rings (SSSR count). The molecule has 2 amide bonds. The van der Waals surface area contributed by atoms with Crippen LogP contribution in [0, 0.1) is 6.92 Å². The van der Waals surface area contributed by atoms with E-state index in [4.69, 9.17) is 0 Å². The molecule has 1 aliphatic heterocycles. The molecule has 0 bridgehead atoms. The average molecular weight is 385 g/mol. The average Bonchev–Trinajstić information content (AvgIpc) is 3.25. The van der Waals surface area contributed by atoms with Crippen LogP contribution in [0.5, 0.6) is 0 Å². The molecule has 0 radical (unpaired) electrons. The molecule has 1 fully saturated rings. The Morgan fingerprint density at radius 2 is 1.96 bits per heavy atom. The zero-order valence-corrected chi connectivity index (χ0v) is 16.3. The molecule has 2 heterocycles. The minimum Gasteiger partial charge on any atom is -0.345 e. The van der Waals surface area contributed by atoms with Gasteiger partial charge in [-0.3, -0.25) is 9.59 Å². The molecule has 0 unspecified atom stereocenters. The van der Waals surface area contributed by atoms with E-state index in [0.717, 1.165) is 59.7 Å². The lowest BCUT2D eigenvalue weighted by Gasteiger charge is -2.22. The fourth-order valence-electron chi connectivity index (χ4n) is 3.75. The van der Waals surface area contributed by atoms with Gasteiger partial charge in [0.2, 0.25) is 0 Å². The summed E-state index contributed by atoms with van der Waals surface area (Å²) in [6.45, 7) is 2.02. The topological polar surface area (TPSA) is 76.0 Å². The second-order valence-corrected chi connectivity index (χ2v) is 8.27. The third-order valence-electron chi connectivity index (χ3n) is 5.18. The first-order valence-corrected chi connectivity index (χ1v) is 10.6. The minimum atomic E-state index is -0.617. The van der Waals surface area contributed by atoms with Crippen molar-refractivity contribution in [2.45, 2.75) is 56.6 Å². The Kier molecular flexibility index (Phi) is 5.20. The Bertz CT molecular complexity index is 871. The van der Waals surface area contributed by atoms with Gasteiger partial charge in [-0.25, -0.2) is 4.68 Å². The standard InChI is InChI=1S/C20H24N4O2S/c1-13-6-5-9-15(10-13)24-18(16-11-27-12-17(16)23-24)22-20(26)19(25)21-14-7-3-2-4-8-14/h5-6,9-10,14H,2-4,7-8,11-12H2,1H3,(H,21,25)(H,22,26). The molecule has 0 saturated heterocycles. The maximum Gasteiger partial charge on any atom is 0.314 e. The Morgan fingerprint density at radius 1 is 1.15 bits per heavy atom. The number of aromatic nitrogens is 2. The Balaban J connectivity index is 1.55. The SMILES string of the molecule is Cc1cccc(-n2nc3c(c2NC(=O)C(=O)NC2CCCCC2)CSC3)c1. The summed E-state index contributed by atoms with van der Waals surface area (Å²) in [6, 6.07) is 8.08. The number of hydrogen-bond donors (Lipinski definition) is 2. The van der Waals surface area contributed by atoms with Crippen LogP contribution in [0.3, 0.4) is 0 Å². The summed E-state index contributed by atoms with van der Waals surface area (Å²) in [6.07, 6.45) is 5.32. The van der Waals surface area contributed by atoms with Crippen LogP contribution in [0.15, 0.2) is 24.3 Å². The van der Waals surface area contributed by atoms with Crippen molar-refractivity contribution in [3.63, 3.8) is 0 Å². The third-order valence-corrected chi connectivity index (χ3v) is 6.15. The van der Waals surface area contributed by atoms with E-state index in [2.05, 4.69) is 15.7 Å². The van der Waals surface area contributed by atoms with E-state index in [1.165, 1.54) is 6.42 Å². The number of nitrogens with zero attached hydrogens (tertiary/aromatic N) is 2. The van der Waals surface area contributed by atoms with Crippen molar-refractivity contribution >= 4 is 29.4 Å². The van der Waals surface area contributed by atoms with E-state index in [0.29, 0.717) is 5.82 Å². The number of thioether (sulfide) groups is 1. The number of anilines is 1. The van der Waals surface area contributed by atoms with E-state index in [1.54, 1.807) is 16.4 Å². The summed E-state index contributed by atoms with van der Waals surface area (Å²) in [5.74, 6) is 1.06. The molecule has 6 nitrogen and oxygen atoms in total. The smallest absolute Gasteiger partial charge is 0.314 e. The van der Waals surface area contributed by atoms with Crippen molar-refractivity contribution in [2.75, 3.05) is 5.32 Å². The second kappa shape index (κ2) is 7.76. The number of fused-ring (bicyclic) bond motifs is 1. The van der Waals surface area contributed by atoms with Gasteiger partial charge < -0.3 is 10.6 Å². The zero-order valence-electron chi connectivity index (χ0n) is 15.5. The van der Waals surface area contributed by atoms with E-state index >= 15 is 0 Å². The van der Waals surface area contributed by atoms with Gasteiger partial charge >= 0.3 is 11.8 Å². The molecule has 1 saturated carbocycles. The van der Waals surface area contributed by atoms with Crippen LogP contribution in [0.1, 0.15) is 48.9 Å². The van der Waals surface area contributed by atoms with Crippen LogP contribution in [-0.4, -0.2) is 27.6 Å². The first kappa shape index (κ1) is 18.1. The number of benzene rings is 1. The summed E-state index contributed by atoms with van der Waals surface area (Å²) in [7, 11) is 0. The van der Waals surface area contributed by atoms with Gasteiger partial charge in [0.15, 0.2) is 0 Å². The summed E-state index contributed by atoms with van der Waals surface area (Å²) < 4.78 is 1.75. The van der Waals surface area contributed by atoms with Crippen LogP contribution in [0.2, 0.25) is 0 Å². The monoisotopic (exact) mass is 384 g/mol. The van der Waals surface area contributed by atoms with Crippen molar-refractivity contribution in [3.8, 4) is 5.69 Å². The molecule has 1 aromatic carbocycles. The van der Waals surface area contributed by atoms with E-state index in [-0.39, 0.29) is 6.04 Å². The summed E-state index contributed by atoms with van der Waals surface area (Å²) in [5, 5.41) is 10.4. The van der Waals surface area contributed by atoms with E-state index in [1.807, 2.05) is 31.2 Å². The van der Waals surface area contributed by atoms with Crippen LogP contribution in [0.25, 0.3) is 5.69 Å². The number of hydrogen-bond acceptors (Lipinski definition) is 4. The van der Waals surface area contributed by atoms with Crippen molar-refractivity contribution < 1.29 is 9.59 Å². The highest BCUT2D eigenvalue weighted by molar-refractivity contribution is 7.98. The summed E-state index contributed by atoms with van der Waals surface area (Å²) in [5.41, 5.74) is 3.99. The van der Waals surface area contributed by atoms with Crippen LogP contribution in [0.4, 0.5) is 5.82 Å². The highest BCUT2D eigenvalue weighted by atomic mass is 32.2. The molecule has 7 heteroatoms. The van der Waals surface area contributed by atoms with Gasteiger partial charge in [0.25, 0.3) is 0 Å². The number of rotatable bonds is 3. The lowest BCUT2D eigenvalue weighted by Crippen LogP contribution is -2.42. The number of aryl methyl sites for hydroxylation is 1. The van der Waals surface area contributed by atoms with Gasteiger partial charge in [-0.2, -0.15) is 16.9 Å². The Morgan fingerprint density at radius 3 is 2.74 bits per heavy atom. The lowest BCUT2D eigenvalue weighted by atomic mass is 9.95. The predicted octanol–water partition coefficient (Wildman–Crippen LogP) is 3.31. The van der Waals surface area contributed by atoms with Crippen LogP contribution in [-0.2, 0) is 21.1 Å². The predicted molar refractivity (Wildman–Crippen MR) is 107 cm³/mol. The molecule has 2 N–H and O–H groups in total. The van der Waals surface area contributed by atoms with Gasteiger partial charge in [-0.15, -0.1) is 0 Å². The molecule has 142 valence electrons. The maximum absolute atomic E-state index is 12.6. The molecular formula is C20H24N4O2S. The molecular weight excluding hydrogens is 360 g/mol. The normalized spacial score (nSPS) is 16.8. The van der Waals surface area contributed by atoms with E-state index in [9.17, 15) is 9.59 Å². The molecule has 1 aliphatic carbocycles. The summed E-state index contributed by atoms with van der Waals surface area (Å²) >= 11 is 1.77. The first-order chi connectivity index (χ1) is 13.1. The Labute approximate surface area is 163 Å².